The van der Waals surface area contributed by atoms with Gasteiger partial charge in [0.1, 0.15) is 0 Å². The van der Waals surface area contributed by atoms with E-state index < -0.39 is 4.08 Å². The Morgan fingerprint density at radius 2 is 1.88 bits per heavy atom. The summed E-state index contributed by atoms with van der Waals surface area (Å²) in [5.74, 6) is 0. The molecule has 0 aliphatic heterocycles. The van der Waals surface area contributed by atoms with E-state index in [1.807, 2.05) is 0 Å². The molecule has 0 aliphatic carbocycles. The molecule has 0 aromatic rings. The first-order valence-electron chi connectivity index (χ1n) is 1.85. The van der Waals surface area contributed by atoms with Crippen LogP contribution in [0.1, 0.15) is 6.42 Å². The number of nitrogens with zero attached hydrogens (tertiary/aromatic N) is 2. The van der Waals surface area contributed by atoms with Crippen LogP contribution in [0.15, 0.2) is 0 Å². The average Bonchev–Trinajstić information content (AvgIpc) is 1.67. The van der Waals surface area contributed by atoms with Crippen molar-refractivity contribution in [2.75, 3.05) is 0 Å². The van der Waals surface area contributed by atoms with Crippen LogP contribution in [0.2, 0.25) is 0 Å². The van der Waals surface area contributed by atoms with Crippen molar-refractivity contribution in [3.8, 4) is 12.1 Å². The molecule has 0 N–H and O–H groups in total. The van der Waals surface area contributed by atoms with Gasteiger partial charge in [-0.1, -0.05) is 0 Å². The highest BCUT2D eigenvalue weighted by Crippen LogP contribution is 2.21. The van der Waals surface area contributed by atoms with E-state index in [9.17, 15) is 0 Å². The van der Waals surface area contributed by atoms with Gasteiger partial charge in [0, 0.05) is 0 Å². The van der Waals surface area contributed by atoms with Gasteiger partial charge >= 0.3 is 0 Å². The van der Waals surface area contributed by atoms with Crippen LogP contribution < -0.4 is 0 Å². The lowest BCUT2D eigenvalue weighted by molar-refractivity contribution is 1.04. The lowest BCUT2D eigenvalue weighted by Gasteiger charge is -2.04. The van der Waals surface area contributed by atoms with E-state index in [0.717, 1.165) is 0 Å². The maximum atomic E-state index is 8.17. The zero-order valence-electron chi connectivity index (χ0n) is 4.00. The Morgan fingerprint density at radius 3 is 2.00 bits per heavy atom. The molecule has 0 amide bonds. The van der Waals surface area contributed by atoms with Crippen molar-refractivity contribution in [3.05, 3.63) is 0 Å². The number of rotatable bonds is 1. The lowest BCUT2D eigenvalue weighted by Crippen LogP contribution is -2.06. The van der Waals surface area contributed by atoms with E-state index in [1.165, 1.54) is 0 Å². The largest absolute Gasteiger partial charge is 0.198 e. The quantitative estimate of drug-likeness (QED) is 0.425. The molecule has 0 rings (SSSR count). The van der Waals surface area contributed by atoms with E-state index in [0.29, 0.717) is 0 Å². The number of hydrogen-bond donors (Lipinski definition) is 2. The van der Waals surface area contributed by atoms with E-state index in [-0.39, 0.29) is 6.42 Å². The SMILES string of the molecule is N#CCC(S)(S)C#N. The van der Waals surface area contributed by atoms with E-state index >= 15 is 0 Å². The monoisotopic (exact) mass is 144 g/mol. The summed E-state index contributed by atoms with van der Waals surface area (Å²) >= 11 is 7.49. The van der Waals surface area contributed by atoms with Gasteiger partial charge < -0.3 is 0 Å². The average molecular weight is 144 g/mol. The molecular formula is C4H4N2S2. The van der Waals surface area contributed by atoms with E-state index in [2.05, 4.69) is 25.3 Å². The first-order chi connectivity index (χ1) is 3.62. The van der Waals surface area contributed by atoms with Crippen molar-refractivity contribution in [1.29, 1.82) is 10.5 Å². The third-order valence-corrected chi connectivity index (χ3v) is 1.02. The zero-order valence-corrected chi connectivity index (χ0v) is 5.78. The second kappa shape index (κ2) is 2.86. The molecule has 4 heteroatoms. The molecule has 8 heavy (non-hydrogen) atoms. The molecular weight excluding hydrogens is 140 g/mol. The molecule has 0 fully saturated rings. The Labute approximate surface area is 58.9 Å². The highest BCUT2D eigenvalue weighted by atomic mass is 32.2. The minimum absolute atomic E-state index is 0.0374. The molecule has 0 unspecified atom stereocenters. The molecule has 0 aliphatic rings. The highest BCUT2D eigenvalue weighted by Gasteiger charge is 2.17. The van der Waals surface area contributed by atoms with Crippen molar-refractivity contribution >= 4 is 25.3 Å². The molecule has 0 atom stereocenters. The molecule has 0 heterocycles. The van der Waals surface area contributed by atoms with Crippen molar-refractivity contribution in [2.24, 2.45) is 0 Å². The van der Waals surface area contributed by atoms with Crippen LogP contribution in [-0.4, -0.2) is 4.08 Å². The second-order valence-corrected chi connectivity index (χ2v) is 3.14. The van der Waals surface area contributed by atoms with Gasteiger partial charge in [-0.25, -0.2) is 0 Å². The van der Waals surface area contributed by atoms with Crippen LogP contribution in [0.5, 0.6) is 0 Å². The Kier molecular flexibility index (Phi) is 2.75. The minimum atomic E-state index is -1.07. The fraction of sp³-hybridized carbons (Fsp3) is 0.500. The molecule has 0 radical (unpaired) electrons. The topological polar surface area (TPSA) is 47.6 Å². The maximum Gasteiger partial charge on any atom is 0.155 e. The summed E-state index contributed by atoms with van der Waals surface area (Å²) < 4.78 is -1.07. The van der Waals surface area contributed by atoms with Gasteiger partial charge in [0.25, 0.3) is 0 Å². The third kappa shape index (κ3) is 2.79. The summed E-state index contributed by atoms with van der Waals surface area (Å²) in [7, 11) is 0. The van der Waals surface area contributed by atoms with Crippen molar-refractivity contribution < 1.29 is 0 Å². The number of nitriles is 2. The zero-order chi connectivity index (χ0) is 6.62. The predicted molar refractivity (Wildman–Crippen MR) is 36.5 cm³/mol. The summed E-state index contributed by atoms with van der Waals surface area (Å²) in [5.41, 5.74) is 0. The standard InChI is InChI=1S/C4H4N2S2/c5-2-1-4(7,8)3-6/h7-8H,1H2. The molecule has 2 nitrogen and oxygen atoms in total. The van der Waals surface area contributed by atoms with Gasteiger partial charge in [0.05, 0.1) is 18.6 Å². The molecule has 0 spiro atoms. The smallest absolute Gasteiger partial charge is 0.155 e. The van der Waals surface area contributed by atoms with Crippen LogP contribution >= 0.6 is 25.3 Å². The predicted octanol–water partition coefficient (Wildman–Crippen LogP) is 0.980. The van der Waals surface area contributed by atoms with Crippen LogP contribution in [0.3, 0.4) is 0 Å². The van der Waals surface area contributed by atoms with Gasteiger partial charge in [0.15, 0.2) is 4.08 Å². The molecule has 0 saturated carbocycles. The van der Waals surface area contributed by atoms with Crippen LogP contribution in [-0.2, 0) is 0 Å². The van der Waals surface area contributed by atoms with Gasteiger partial charge in [-0.3, -0.25) is 0 Å². The lowest BCUT2D eigenvalue weighted by atomic mass is 10.3. The Balaban J connectivity index is 3.82. The molecule has 0 saturated heterocycles. The first kappa shape index (κ1) is 7.68. The highest BCUT2D eigenvalue weighted by molar-refractivity contribution is 8.01. The normalized spacial score (nSPS) is 9.50. The Hall–Kier alpha value is -0.320. The van der Waals surface area contributed by atoms with Gasteiger partial charge in [0.2, 0.25) is 0 Å². The fourth-order valence-corrected chi connectivity index (χ4v) is 0.291. The van der Waals surface area contributed by atoms with E-state index in [1.54, 1.807) is 12.1 Å². The Bertz CT molecular complexity index is 150. The van der Waals surface area contributed by atoms with Crippen molar-refractivity contribution in [2.45, 2.75) is 10.5 Å². The van der Waals surface area contributed by atoms with Gasteiger partial charge in [-0.15, -0.1) is 25.3 Å². The minimum Gasteiger partial charge on any atom is -0.198 e. The van der Waals surface area contributed by atoms with Crippen molar-refractivity contribution in [1.82, 2.24) is 0 Å². The summed E-state index contributed by atoms with van der Waals surface area (Å²) in [6, 6.07) is 3.53. The van der Waals surface area contributed by atoms with Crippen molar-refractivity contribution in [3.63, 3.8) is 0 Å². The summed E-state index contributed by atoms with van der Waals surface area (Å²) in [5, 5.41) is 16.2. The first-order valence-corrected chi connectivity index (χ1v) is 2.75. The summed E-state index contributed by atoms with van der Waals surface area (Å²) in [6.07, 6.45) is 0.0374. The molecule has 0 aromatic heterocycles. The second-order valence-electron chi connectivity index (χ2n) is 1.26. The summed E-state index contributed by atoms with van der Waals surface area (Å²) in [4.78, 5) is 0. The van der Waals surface area contributed by atoms with Gasteiger partial charge in [-0.2, -0.15) is 10.5 Å². The van der Waals surface area contributed by atoms with Crippen LogP contribution in [0.4, 0.5) is 0 Å². The van der Waals surface area contributed by atoms with Gasteiger partial charge in [-0.05, 0) is 0 Å². The third-order valence-electron chi connectivity index (χ3n) is 0.505. The number of thiol groups is 2. The summed E-state index contributed by atoms with van der Waals surface area (Å²) in [6.45, 7) is 0. The van der Waals surface area contributed by atoms with Crippen LogP contribution in [0, 0.1) is 22.7 Å². The number of hydrogen-bond acceptors (Lipinski definition) is 4. The van der Waals surface area contributed by atoms with E-state index in [4.69, 9.17) is 10.5 Å². The molecule has 42 valence electrons. The Morgan fingerprint density at radius 1 is 1.38 bits per heavy atom. The van der Waals surface area contributed by atoms with Crippen LogP contribution in [0.25, 0.3) is 0 Å². The maximum absolute atomic E-state index is 8.17. The molecule has 0 bridgehead atoms. The molecule has 0 aromatic carbocycles. The fourth-order valence-electron chi connectivity index (χ4n) is 0.150.